The summed E-state index contributed by atoms with van der Waals surface area (Å²) < 4.78 is 14.1. The molecule has 4 heteroatoms. The van der Waals surface area contributed by atoms with Crippen molar-refractivity contribution in [1.29, 1.82) is 0 Å². The zero-order chi connectivity index (χ0) is 14.0. The van der Waals surface area contributed by atoms with Crippen molar-refractivity contribution in [2.75, 3.05) is 20.1 Å². The molecule has 0 saturated carbocycles. The van der Waals surface area contributed by atoms with E-state index in [9.17, 15) is 4.39 Å². The normalized spacial score (nSPS) is 24.3. The van der Waals surface area contributed by atoms with Gasteiger partial charge < -0.3 is 5.32 Å². The first kappa shape index (κ1) is 14.8. The topological polar surface area (TPSA) is 15.3 Å². The third-order valence-electron chi connectivity index (χ3n) is 3.86. The van der Waals surface area contributed by atoms with E-state index in [4.69, 9.17) is 11.6 Å². The maximum atomic E-state index is 14.1. The summed E-state index contributed by atoms with van der Waals surface area (Å²) in [4.78, 5) is 2.21. The molecular weight excluding hydrogens is 263 g/mol. The fraction of sp³-hybridized carbons (Fsp3) is 0.600. The Morgan fingerprint density at radius 2 is 2.21 bits per heavy atom. The van der Waals surface area contributed by atoms with Gasteiger partial charge in [-0.05, 0) is 38.1 Å². The predicted molar refractivity (Wildman–Crippen MR) is 78.0 cm³/mol. The van der Waals surface area contributed by atoms with Crippen molar-refractivity contribution < 1.29 is 4.39 Å². The molecule has 1 aliphatic heterocycles. The largest absolute Gasteiger partial charge is 0.314 e. The highest BCUT2D eigenvalue weighted by Crippen LogP contribution is 2.40. The Bertz CT molecular complexity index is 416. The van der Waals surface area contributed by atoms with Gasteiger partial charge in [-0.15, -0.1) is 0 Å². The number of hydrogen-bond donors (Lipinski definition) is 1. The highest BCUT2D eigenvalue weighted by Gasteiger charge is 2.35. The van der Waals surface area contributed by atoms with Crippen LogP contribution >= 0.6 is 11.6 Å². The second kappa shape index (κ2) is 6.21. The lowest BCUT2D eigenvalue weighted by Crippen LogP contribution is -2.32. The lowest BCUT2D eigenvalue weighted by atomic mass is 9.93. The molecule has 1 saturated heterocycles. The molecule has 1 heterocycles. The van der Waals surface area contributed by atoms with Crippen LogP contribution in [-0.4, -0.2) is 31.1 Å². The molecule has 0 aromatic heterocycles. The fourth-order valence-electron chi connectivity index (χ4n) is 2.88. The second-order valence-electron chi connectivity index (χ2n) is 5.67. The van der Waals surface area contributed by atoms with Gasteiger partial charge in [0.05, 0.1) is 0 Å². The number of halogens is 2. The average Bonchev–Trinajstić information content (AvgIpc) is 2.69. The van der Waals surface area contributed by atoms with E-state index in [0.717, 1.165) is 19.5 Å². The minimum absolute atomic E-state index is 0.0694. The summed E-state index contributed by atoms with van der Waals surface area (Å²) in [7, 11) is 2.04. The minimum atomic E-state index is -0.194. The van der Waals surface area contributed by atoms with Gasteiger partial charge in [0.2, 0.25) is 0 Å². The maximum absolute atomic E-state index is 14.1. The van der Waals surface area contributed by atoms with Crippen LogP contribution in [0.25, 0.3) is 0 Å². The summed E-state index contributed by atoms with van der Waals surface area (Å²) in [5.74, 6) is 0.211. The smallest absolute Gasteiger partial charge is 0.129 e. The van der Waals surface area contributed by atoms with Crippen LogP contribution in [-0.2, 0) is 0 Å². The van der Waals surface area contributed by atoms with Gasteiger partial charge >= 0.3 is 0 Å². The summed E-state index contributed by atoms with van der Waals surface area (Å²) in [5.41, 5.74) is 0.653. The first-order valence-corrected chi connectivity index (χ1v) is 7.26. The molecule has 0 aliphatic carbocycles. The van der Waals surface area contributed by atoms with E-state index < -0.39 is 0 Å². The fourth-order valence-corrected chi connectivity index (χ4v) is 3.15. The molecule has 1 fully saturated rings. The molecule has 0 spiro atoms. The van der Waals surface area contributed by atoms with E-state index >= 15 is 0 Å². The van der Waals surface area contributed by atoms with E-state index in [1.807, 2.05) is 7.05 Å². The van der Waals surface area contributed by atoms with E-state index in [1.165, 1.54) is 6.07 Å². The van der Waals surface area contributed by atoms with Crippen LogP contribution < -0.4 is 5.32 Å². The van der Waals surface area contributed by atoms with Gasteiger partial charge in [0.1, 0.15) is 5.82 Å². The van der Waals surface area contributed by atoms with Crippen LogP contribution in [0.5, 0.6) is 0 Å². The van der Waals surface area contributed by atoms with Crippen molar-refractivity contribution >= 4 is 11.6 Å². The SMILES string of the molecule is CC(C)NCC1CCN(C)C1c1c(F)cccc1Cl. The highest BCUT2D eigenvalue weighted by molar-refractivity contribution is 6.31. The first-order chi connectivity index (χ1) is 9.00. The quantitative estimate of drug-likeness (QED) is 0.911. The number of nitrogens with one attached hydrogen (secondary N) is 1. The molecule has 1 aliphatic rings. The summed E-state index contributed by atoms with van der Waals surface area (Å²) in [6.45, 7) is 6.14. The van der Waals surface area contributed by atoms with Crippen LogP contribution in [0.1, 0.15) is 31.9 Å². The van der Waals surface area contributed by atoms with Crippen molar-refractivity contribution in [1.82, 2.24) is 10.2 Å². The molecule has 1 aromatic carbocycles. The Morgan fingerprint density at radius 1 is 1.47 bits per heavy atom. The Hall–Kier alpha value is -0.640. The molecule has 106 valence electrons. The third kappa shape index (κ3) is 3.28. The Kier molecular flexibility index (Phi) is 4.82. The molecule has 2 nitrogen and oxygen atoms in total. The van der Waals surface area contributed by atoms with Crippen molar-refractivity contribution in [3.05, 3.63) is 34.6 Å². The summed E-state index contributed by atoms with van der Waals surface area (Å²) in [5, 5.41) is 3.99. The lowest BCUT2D eigenvalue weighted by Gasteiger charge is -2.27. The Morgan fingerprint density at radius 3 is 2.84 bits per heavy atom. The summed E-state index contributed by atoms with van der Waals surface area (Å²) >= 11 is 6.22. The van der Waals surface area contributed by atoms with Crippen LogP contribution in [0.15, 0.2) is 18.2 Å². The highest BCUT2D eigenvalue weighted by atomic mass is 35.5. The van der Waals surface area contributed by atoms with Gasteiger partial charge in [-0.25, -0.2) is 4.39 Å². The zero-order valence-electron chi connectivity index (χ0n) is 11.8. The molecule has 2 unspecified atom stereocenters. The average molecular weight is 285 g/mol. The molecule has 0 radical (unpaired) electrons. The number of rotatable bonds is 4. The van der Waals surface area contributed by atoms with E-state index in [0.29, 0.717) is 22.5 Å². The van der Waals surface area contributed by atoms with Crippen LogP contribution in [0, 0.1) is 11.7 Å². The standard InChI is InChI=1S/C15H22ClFN2/c1-10(2)18-9-11-7-8-19(3)15(11)14-12(16)5-4-6-13(14)17/h4-6,10-11,15,18H,7-9H2,1-3H3. The summed E-state index contributed by atoms with van der Waals surface area (Å²) in [6, 6.07) is 5.46. The van der Waals surface area contributed by atoms with Gasteiger partial charge in [-0.3, -0.25) is 4.90 Å². The summed E-state index contributed by atoms with van der Waals surface area (Å²) in [6.07, 6.45) is 1.07. The maximum Gasteiger partial charge on any atom is 0.129 e. The van der Waals surface area contributed by atoms with Gasteiger partial charge in [0.25, 0.3) is 0 Å². The molecule has 1 N–H and O–H groups in total. The molecule has 1 aromatic rings. The first-order valence-electron chi connectivity index (χ1n) is 6.88. The van der Waals surface area contributed by atoms with Crippen LogP contribution in [0.3, 0.4) is 0 Å². The Balaban J connectivity index is 2.24. The van der Waals surface area contributed by atoms with Crippen molar-refractivity contribution in [2.24, 2.45) is 5.92 Å². The Labute approximate surface area is 119 Å². The van der Waals surface area contributed by atoms with Gasteiger partial charge in [-0.2, -0.15) is 0 Å². The van der Waals surface area contributed by atoms with Crippen molar-refractivity contribution in [3.63, 3.8) is 0 Å². The van der Waals surface area contributed by atoms with Gasteiger partial charge in [-0.1, -0.05) is 31.5 Å². The zero-order valence-corrected chi connectivity index (χ0v) is 12.5. The molecule has 0 bridgehead atoms. The lowest BCUT2D eigenvalue weighted by molar-refractivity contribution is 0.263. The molecule has 2 atom stereocenters. The van der Waals surface area contributed by atoms with E-state index in [2.05, 4.69) is 24.1 Å². The minimum Gasteiger partial charge on any atom is -0.314 e. The monoisotopic (exact) mass is 284 g/mol. The van der Waals surface area contributed by atoms with Gasteiger partial charge in [0.15, 0.2) is 0 Å². The molecular formula is C15H22ClFN2. The van der Waals surface area contributed by atoms with Crippen LogP contribution in [0.2, 0.25) is 5.02 Å². The van der Waals surface area contributed by atoms with E-state index in [-0.39, 0.29) is 11.9 Å². The van der Waals surface area contributed by atoms with Crippen molar-refractivity contribution in [3.8, 4) is 0 Å². The van der Waals surface area contributed by atoms with Crippen molar-refractivity contribution in [2.45, 2.75) is 32.4 Å². The molecule has 19 heavy (non-hydrogen) atoms. The molecule has 0 amide bonds. The second-order valence-corrected chi connectivity index (χ2v) is 6.08. The van der Waals surface area contributed by atoms with Crippen LogP contribution in [0.4, 0.5) is 4.39 Å². The number of likely N-dealkylation sites (tertiary alicyclic amines) is 1. The number of hydrogen-bond acceptors (Lipinski definition) is 2. The number of nitrogens with zero attached hydrogens (tertiary/aromatic N) is 1. The number of benzene rings is 1. The molecule has 2 rings (SSSR count). The predicted octanol–water partition coefficient (Wildman–Crippen LogP) is 3.47. The van der Waals surface area contributed by atoms with E-state index in [1.54, 1.807) is 12.1 Å². The third-order valence-corrected chi connectivity index (χ3v) is 4.19. The van der Waals surface area contributed by atoms with Gasteiger partial charge in [0, 0.05) is 29.2 Å².